The molecule has 4 heterocycles. The van der Waals surface area contributed by atoms with Crippen LogP contribution in [0.1, 0.15) is 0 Å². The Balaban J connectivity index is 1.67. The average Bonchev–Trinajstić information content (AvgIpc) is 2.75. The van der Waals surface area contributed by atoms with Crippen LogP contribution in [0, 0.1) is 0 Å². The minimum absolute atomic E-state index is 0.433. The van der Waals surface area contributed by atoms with Crippen LogP contribution in [0.25, 0.3) is 0 Å². The van der Waals surface area contributed by atoms with Crippen molar-refractivity contribution in [3.05, 3.63) is 0 Å². The first-order valence-corrected chi connectivity index (χ1v) is 7.16. The zero-order valence-corrected chi connectivity index (χ0v) is 11.5. The summed E-state index contributed by atoms with van der Waals surface area (Å²) in [5, 5.41) is 58.1. The van der Waals surface area contributed by atoms with Gasteiger partial charge in [0.2, 0.25) is 0 Å². The van der Waals surface area contributed by atoms with Gasteiger partial charge < -0.3 is 49.4 Å². The molecule has 0 radical (unpaired) electrons. The van der Waals surface area contributed by atoms with E-state index in [9.17, 15) is 30.6 Å². The number of hydrogen-bond acceptors (Lipinski definition) is 10. The quantitative estimate of drug-likeness (QED) is 0.281. The fraction of sp³-hybridized carbons (Fsp3) is 1.00. The van der Waals surface area contributed by atoms with E-state index in [1.54, 1.807) is 0 Å². The normalized spacial score (nSPS) is 62.5. The smallest absolute Gasteiger partial charge is 0.278 e. The van der Waals surface area contributed by atoms with Crippen molar-refractivity contribution in [2.24, 2.45) is 0 Å². The highest BCUT2D eigenvalue weighted by Gasteiger charge is 2.86. The van der Waals surface area contributed by atoms with E-state index >= 15 is 0 Å². The molecule has 6 N–H and O–H groups in total. The van der Waals surface area contributed by atoms with Gasteiger partial charge in [-0.3, -0.25) is 0 Å². The van der Waals surface area contributed by atoms with Crippen LogP contribution < -0.4 is 0 Å². The van der Waals surface area contributed by atoms with Gasteiger partial charge in [-0.05, 0) is 0 Å². The van der Waals surface area contributed by atoms with Crippen LogP contribution in [0.2, 0.25) is 5.82 Å². The number of aliphatic hydroxyl groups excluding tert-OH is 6. The topological polar surface area (TPSA) is 158 Å². The minimum atomic E-state index is -2.40. The molecule has 4 rings (SSSR count). The zero-order chi connectivity index (χ0) is 15.9. The predicted molar refractivity (Wildman–Crippen MR) is 66.2 cm³/mol. The van der Waals surface area contributed by atoms with Crippen LogP contribution in [0.3, 0.4) is 0 Å². The molecule has 4 aliphatic heterocycles. The Hall–Kier alpha value is -0.335. The molecule has 0 amide bonds. The van der Waals surface area contributed by atoms with Crippen molar-refractivity contribution in [1.29, 1.82) is 0 Å². The standard InChI is InChI=1S/C11H18BO10/c13-1-4-5(16)7-10(2-14,19-4)12(7)21-8-6(17)9(18)20-11(8,3-15)22-12/h4-9,13-18H,1-3H2/q-1/t4-,5?,6+,7?,8+,9+,10-,11+,12?/m1/s1. The van der Waals surface area contributed by atoms with Gasteiger partial charge in [0, 0.05) is 12.1 Å². The summed E-state index contributed by atoms with van der Waals surface area (Å²) in [6, 6.07) is 0. The van der Waals surface area contributed by atoms with Gasteiger partial charge in [-0.2, -0.15) is 0 Å². The van der Waals surface area contributed by atoms with E-state index in [4.69, 9.17) is 18.8 Å². The summed E-state index contributed by atoms with van der Waals surface area (Å²) in [6.07, 6.45) is -6.21. The van der Waals surface area contributed by atoms with Crippen molar-refractivity contribution < 1.29 is 49.4 Å². The van der Waals surface area contributed by atoms with Crippen molar-refractivity contribution in [1.82, 2.24) is 0 Å². The van der Waals surface area contributed by atoms with Crippen LogP contribution in [0.5, 0.6) is 0 Å². The van der Waals surface area contributed by atoms with Crippen LogP contribution in [0.15, 0.2) is 0 Å². The second kappa shape index (κ2) is 4.39. The Morgan fingerprint density at radius 3 is 2.18 bits per heavy atom. The monoisotopic (exact) mass is 321 g/mol. The number of fused-ring (bicyclic) bond motifs is 4. The summed E-state index contributed by atoms with van der Waals surface area (Å²) in [5.41, 5.74) is -1.35. The van der Waals surface area contributed by atoms with Gasteiger partial charge in [-0.1, -0.05) is 5.82 Å². The third-order valence-electron chi connectivity index (χ3n) is 5.46. The number of aliphatic hydroxyl groups is 6. The molecule has 0 aromatic carbocycles. The largest absolute Gasteiger partial charge is 0.558 e. The molecule has 0 saturated carbocycles. The molecule has 9 atom stereocenters. The lowest BCUT2D eigenvalue weighted by atomic mass is 9.71. The maximum Gasteiger partial charge on any atom is 0.278 e. The summed E-state index contributed by atoms with van der Waals surface area (Å²) >= 11 is 0. The molecular formula is C11H18BO10-. The fourth-order valence-electron chi connectivity index (χ4n) is 4.39. The van der Waals surface area contributed by atoms with Gasteiger partial charge in [0.05, 0.1) is 25.4 Å². The Morgan fingerprint density at radius 2 is 1.68 bits per heavy atom. The van der Waals surface area contributed by atoms with E-state index in [-0.39, 0.29) is 0 Å². The van der Waals surface area contributed by atoms with E-state index in [0.717, 1.165) is 0 Å². The molecular weight excluding hydrogens is 303 g/mol. The molecule has 4 fully saturated rings. The van der Waals surface area contributed by atoms with Gasteiger partial charge in [0.15, 0.2) is 12.1 Å². The highest BCUT2D eigenvalue weighted by atomic mass is 16.8. The Bertz CT molecular complexity index is 493. The molecule has 3 unspecified atom stereocenters. The lowest BCUT2D eigenvalue weighted by molar-refractivity contribution is -0.242. The van der Waals surface area contributed by atoms with E-state index in [2.05, 4.69) is 0 Å². The average molecular weight is 321 g/mol. The van der Waals surface area contributed by atoms with Crippen molar-refractivity contribution in [3.8, 4) is 0 Å². The van der Waals surface area contributed by atoms with E-state index in [0.29, 0.717) is 0 Å². The van der Waals surface area contributed by atoms with Crippen LogP contribution in [-0.4, -0.2) is 99.0 Å². The van der Waals surface area contributed by atoms with Gasteiger partial charge in [0.25, 0.3) is 6.55 Å². The van der Waals surface area contributed by atoms with E-state index < -0.39 is 74.2 Å². The number of rotatable bonds is 3. The summed E-state index contributed by atoms with van der Waals surface area (Å²) in [6.45, 7) is -4.05. The summed E-state index contributed by atoms with van der Waals surface area (Å²) < 4.78 is 22.1. The fourth-order valence-corrected chi connectivity index (χ4v) is 4.39. The maximum atomic E-state index is 10.2. The van der Waals surface area contributed by atoms with Crippen LogP contribution >= 0.6 is 0 Å². The molecule has 4 aliphatic rings. The van der Waals surface area contributed by atoms with Gasteiger partial charge in [-0.25, -0.2) is 0 Å². The molecule has 4 saturated heterocycles. The Labute approximate surface area is 124 Å². The lowest BCUT2D eigenvalue weighted by Gasteiger charge is -2.35. The van der Waals surface area contributed by atoms with E-state index in [1.807, 2.05) is 0 Å². The maximum absolute atomic E-state index is 10.2. The molecule has 11 heteroatoms. The first-order valence-electron chi connectivity index (χ1n) is 7.16. The number of ether oxygens (including phenoxy) is 2. The minimum Gasteiger partial charge on any atom is -0.558 e. The zero-order valence-electron chi connectivity index (χ0n) is 11.5. The molecule has 0 aliphatic carbocycles. The van der Waals surface area contributed by atoms with Crippen LogP contribution in [-0.2, 0) is 18.8 Å². The molecule has 0 aromatic rings. The lowest BCUT2D eigenvalue weighted by Crippen LogP contribution is -2.48. The second-order valence-electron chi connectivity index (χ2n) is 6.38. The molecule has 22 heavy (non-hydrogen) atoms. The Morgan fingerprint density at radius 1 is 0.955 bits per heavy atom. The van der Waals surface area contributed by atoms with Crippen molar-refractivity contribution >= 4 is 6.55 Å². The third kappa shape index (κ3) is 1.41. The van der Waals surface area contributed by atoms with Gasteiger partial charge in [-0.15, -0.1) is 0 Å². The molecule has 1 spiro atoms. The van der Waals surface area contributed by atoms with Crippen molar-refractivity contribution in [3.63, 3.8) is 0 Å². The molecule has 0 aromatic heterocycles. The molecule has 0 bridgehead atoms. The Kier molecular flexibility index (Phi) is 3.03. The second-order valence-corrected chi connectivity index (χ2v) is 6.38. The summed E-state index contributed by atoms with van der Waals surface area (Å²) in [7, 11) is 0. The van der Waals surface area contributed by atoms with Gasteiger partial charge in [0.1, 0.15) is 12.2 Å². The van der Waals surface area contributed by atoms with Crippen molar-refractivity contribution in [2.75, 3.05) is 19.8 Å². The van der Waals surface area contributed by atoms with Crippen LogP contribution in [0.4, 0.5) is 0 Å². The third-order valence-corrected chi connectivity index (χ3v) is 5.46. The predicted octanol–water partition coefficient (Wildman–Crippen LogP) is -4.35. The van der Waals surface area contributed by atoms with Crippen molar-refractivity contribution in [2.45, 2.75) is 47.8 Å². The molecule has 126 valence electrons. The summed E-state index contributed by atoms with van der Waals surface area (Å²) in [5.74, 6) is -2.53. The molecule has 10 nitrogen and oxygen atoms in total. The van der Waals surface area contributed by atoms with Gasteiger partial charge >= 0.3 is 0 Å². The first kappa shape index (κ1) is 15.2. The highest BCUT2D eigenvalue weighted by molar-refractivity contribution is 6.85. The number of hydrogen-bond donors (Lipinski definition) is 6. The SMILES string of the molecule is OC[C@H]1O[C@]2(CO)C(C1O)[B-]21O[C@H]2[C@H](O)[C@@H](O)O[C@@]2(CO)O1. The first-order chi connectivity index (χ1) is 10.4. The van der Waals surface area contributed by atoms with E-state index in [1.165, 1.54) is 0 Å². The highest BCUT2D eigenvalue weighted by Crippen LogP contribution is 2.72. The summed E-state index contributed by atoms with van der Waals surface area (Å²) in [4.78, 5) is 0.